The van der Waals surface area contributed by atoms with E-state index in [4.69, 9.17) is 5.11 Å². The minimum absolute atomic E-state index is 0.0721. The Morgan fingerprint density at radius 2 is 2.25 bits per heavy atom. The molecule has 1 heterocycles. The first-order valence-corrected chi connectivity index (χ1v) is 5.71. The van der Waals surface area contributed by atoms with Crippen LogP contribution in [0.3, 0.4) is 0 Å². The van der Waals surface area contributed by atoms with Crippen molar-refractivity contribution in [2.75, 3.05) is 0 Å². The molecular weight excluding hydrogens is 230 g/mol. The fourth-order valence-corrected chi connectivity index (χ4v) is 2.03. The highest BCUT2D eigenvalue weighted by Crippen LogP contribution is 2.20. The number of hydrogen-bond donors (Lipinski definition) is 2. The van der Waals surface area contributed by atoms with Gasteiger partial charge in [0.2, 0.25) is 0 Å². The molecule has 1 aromatic heterocycles. The Kier molecular flexibility index (Phi) is 2.76. The van der Waals surface area contributed by atoms with Gasteiger partial charge in [0, 0.05) is 22.9 Å². The van der Waals surface area contributed by atoms with Gasteiger partial charge in [-0.15, -0.1) is 0 Å². The summed E-state index contributed by atoms with van der Waals surface area (Å²) in [4.78, 5) is 13.6. The third-order valence-corrected chi connectivity index (χ3v) is 2.83. The Bertz CT molecular complexity index is 575. The molecule has 2 aromatic rings. The highest BCUT2D eigenvalue weighted by Gasteiger charge is 2.10. The summed E-state index contributed by atoms with van der Waals surface area (Å²) in [6.07, 6.45) is 1.39. The monoisotopic (exact) mass is 238 g/mol. The molecule has 2 N–H and O–H groups in total. The maximum absolute atomic E-state index is 10.8. The van der Waals surface area contributed by atoms with Crippen LogP contribution in [0.1, 0.15) is 15.9 Å². The van der Waals surface area contributed by atoms with Crippen molar-refractivity contribution in [2.45, 2.75) is 5.75 Å². The van der Waals surface area contributed by atoms with Gasteiger partial charge in [0.05, 0.1) is 5.56 Å². The van der Waals surface area contributed by atoms with E-state index in [0.29, 0.717) is 16.5 Å². The highest BCUT2D eigenvalue weighted by molar-refractivity contribution is 7.78. The average Bonchev–Trinajstić information content (AvgIpc) is 2.59. The fourth-order valence-electron chi connectivity index (χ4n) is 1.58. The molecule has 2 rings (SSSR count). The lowest BCUT2D eigenvalue weighted by molar-refractivity contribution is 0.0699. The number of H-pyrrole nitrogens is 1. The molecule has 84 valence electrons. The summed E-state index contributed by atoms with van der Waals surface area (Å²) in [5, 5.41) is 9.44. The zero-order chi connectivity index (χ0) is 11.7. The topological polar surface area (TPSA) is 93.2 Å². The van der Waals surface area contributed by atoms with E-state index in [1.54, 1.807) is 18.2 Å². The number of fused-ring (bicyclic) bond motifs is 1. The van der Waals surface area contributed by atoms with Crippen LogP contribution in [0.15, 0.2) is 24.4 Å². The maximum atomic E-state index is 10.8. The van der Waals surface area contributed by atoms with Crippen molar-refractivity contribution >= 4 is 28.0 Å². The van der Waals surface area contributed by atoms with Crippen molar-refractivity contribution in [3.63, 3.8) is 0 Å². The van der Waals surface area contributed by atoms with Crippen molar-refractivity contribution in [3.8, 4) is 0 Å². The predicted molar refractivity (Wildman–Crippen MR) is 57.9 cm³/mol. The van der Waals surface area contributed by atoms with Gasteiger partial charge in [-0.05, 0) is 11.6 Å². The molecule has 5 nitrogen and oxygen atoms in total. The third kappa shape index (κ3) is 1.98. The molecule has 0 saturated heterocycles. The molecule has 0 aliphatic rings. The minimum Gasteiger partial charge on any atom is -0.772 e. The van der Waals surface area contributed by atoms with Gasteiger partial charge in [-0.3, -0.25) is 4.21 Å². The van der Waals surface area contributed by atoms with E-state index in [2.05, 4.69) is 4.98 Å². The Hall–Kier alpha value is -1.66. The van der Waals surface area contributed by atoms with Crippen LogP contribution < -0.4 is 0 Å². The van der Waals surface area contributed by atoms with Crippen LogP contribution >= 0.6 is 0 Å². The smallest absolute Gasteiger partial charge is 0.337 e. The van der Waals surface area contributed by atoms with Gasteiger partial charge >= 0.3 is 5.97 Å². The van der Waals surface area contributed by atoms with E-state index in [-0.39, 0.29) is 11.3 Å². The van der Waals surface area contributed by atoms with Crippen molar-refractivity contribution in [1.29, 1.82) is 0 Å². The van der Waals surface area contributed by atoms with Gasteiger partial charge < -0.3 is 14.6 Å². The molecule has 0 aliphatic carbocycles. The summed E-state index contributed by atoms with van der Waals surface area (Å²) in [6, 6.07) is 4.85. The van der Waals surface area contributed by atoms with Gasteiger partial charge in [-0.25, -0.2) is 4.79 Å². The molecule has 16 heavy (non-hydrogen) atoms. The lowest BCUT2D eigenvalue weighted by Crippen LogP contribution is -1.95. The zero-order valence-electron chi connectivity index (χ0n) is 8.10. The van der Waals surface area contributed by atoms with E-state index in [9.17, 15) is 13.6 Å². The molecule has 0 radical (unpaired) electrons. The number of carboxylic acids is 1. The molecule has 0 amide bonds. The standard InChI is InChI=1S/C10H9NO4S/c12-10(13)8-4-11-9-3-6(5-16(14)15)1-2-7(8)9/h1-4,11H,5H2,(H,12,13)(H,14,15)/p-1. The number of rotatable bonds is 3. The molecule has 0 saturated carbocycles. The number of aromatic amines is 1. The number of benzene rings is 1. The number of aromatic carboxylic acids is 1. The second-order valence-electron chi connectivity index (χ2n) is 3.34. The van der Waals surface area contributed by atoms with E-state index < -0.39 is 17.0 Å². The quantitative estimate of drug-likeness (QED) is 0.787. The van der Waals surface area contributed by atoms with E-state index in [0.717, 1.165) is 0 Å². The lowest BCUT2D eigenvalue weighted by atomic mass is 10.1. The second-order valence-corrected chi connectivity index (χ2v) is 4.23. The van der Waals surface area contributed by atoms with Gasteiger partial charge in [0.25, 0.3) is 0 Å². The van der Waals surface area contributed by atoms with Crippen molar-refractivity contribution < 1.29 is 18.7 Å². The normalized spacial score (nSPS) is 12.8. The Morgan fingerprint density at radius 1 is 1.50 bits per heavy atom. The SMILES string of the molecule is O=C(O)c1c[nH]c2cc(CS(=O)[O-])ccc12. The van der Waals surface area contributed by atoms with Crippen LogP contribution in [-0.2, 0) is 16.8 Å². The van der Waals surface area contributed by atoms with Crippen LogP contribution in [0.5, 0.6) is 0 Å². The number of nitrogens with one attached hydrogen (secondary N) is 1. The van der Waals surface area contributed by atoms with E-state index >= 15 is 0 Å². The summed E-state index contributed by atoms with van der Waals surface area (Å²) in [5.74, 6) is -1.08. The predicted octanol–water partition coefficient (Wildman–Crippen LogP) is 1.25. The summed E-state index contributed by atoms with van der Waals surface area (Å²) in [7, 11) is 0. The van der Waals surface area contributed by atoms with Crippen LogP contribution in [0.2, 0.25) is 0 Å². The second kappa shape index (κ2) is 4.07. The van der Waals surface area contributed by atoms with Crippen LogP contribution in [0, 0.1) is 0 Å². The first-order chi connectivity index (χ1) is 7.58. The summed E-state index contributed by atoms with van der Waals surface area (Å²) in [5.41, 5.74) is 1.43. The van der Waals surface area contributed by atoms with Crippen LogP contribution in [-0.4, -0.2) is 24.8 Å². The molecule has 0 bridgehead atoms. The third-order valence-electron chi connectivity index (χ3n) is 2.26. The van der Waals surface area contributed by atoms with Crippen molar-refractivity contribution in [2.24, 2.45) is 0 Å². The molecule has 6 heteroatoms. The molecule has 0 fully saturated rings. The fraction of sp³-hybridized carbons (Fsp3) is 0.100. The van der Waals surface area contributed by atoms with E-state index in [1.165, 1.54) is 6.20 Å². The Balaban J connectivity index is 2.49. The maximum Gasteiger partial charge on any atom is 0.337 e. The molecule has 0 aliphatic heterocycles. The Labute approximate surface area is 93.4 Å². The first-order valence-electron chi connectivity index (χ1n) is 4.47. The number of carbonyl (C=O) groups is 1. The summed E-state index contributed by atoms with van der Waals surface area (Å²) in [6.45, 7) is 0. The zero-order valence-corrected chi connectivity index (χ0v) is 8.91. The largest absolute Gasteiger partial charge is 0.772 e. The number of carboxylic acid groups (broad SMARTS) is 1. The minimum atomic E-state index is -2.14. The highest BCUT2D eigenvalue weighted by atomic mass is 32.2. The van der Waals surface area contributed by atoms with Gasteiger partial charge in [0.15, 0.2) is 0 Å². The summed E-state index contributed by atoms with van der Waals surface area (Å²) >= 11 is -2.14. The molecule has 1 atom stereocenters. The van der Waals surface area contributed by atoms with Crippen molar-refractivity contribution in [1.82, 2.24) is 4.98 Å². The molecular formula is C10H8NO4S-. The lowest BCUT2D eigenvalue weighted by Gasteiger charge is -2.04. The van der Waals surface area contributed by atoms with Crippen LogP contribution in [0.4, 0.5) is 0 Å². The first kappa shape index (κ1) is 10.8. The average molecular weight is 238 g/mol. The molecule has 1 unspecified atom stereocenters. The van der Waals surface area contributed by atoms with Gasteiger partial charge in [-0.2, -0.15) is 0 Å². The van der Waals surface area contributed by atoms with Crippen LogP contribution in [0.25, 0.3) is 10.9 Å². The van der Waals surface area contributed by atoms with Crippen molar-refractivity contribution in [3.05, 3.63) is 35.5 Å². The van der Waals surface area contributed by atoms with Gasteiger partial charge in [0.1, 0.15) is 0 Å². The molecule has 1 aromatic carbocycles. The van der Waals surface area contributed by atoms with Gasteiger partial charge in [-0.1, -0.05) is 23.2 Å². The number of aromatic nitrogens is 1. The number of hydrogen-bond acceptors (Lipinski definition) is 3. The van der Waals surface area contributed by atoms with E-state index in [1.807, 2.05) is 0 Å². The molecule has 0 spiro atoms. The Morgan fingerprint density at radius 3 is 2.88 bits per heavy atom. The summed E-state index contributed by atoms with van der Waals surface area (Å²) < 4.78 is 21.0.